The molecule has 1 saturated carbocycles. The Balaban J connectivity index is 1.41. The number of piperidine rings is 1. The van der Waals surface area contributed by atoms with E-state index in [1.807, 2.05) is 30.0 Å². The minimum Gasteiger partial charge on any atom is -0.368 e. The highest BCUT2D eigenvalue weighted by molar-refractivity contribution is 6.01. The van der Waals surface area contributed by atoms with Crippen LogP contribution >= 0.6 is 0 Å². The van der Waals surface area contributed by atoms with Gasteiger partial charge in [0, 0.05) is 42.8 Å². The second-order valence-corrected chi connectivity index (χ2v) is 8.94. The van der Waals surface area contributed by atoms with Gasteiger partial charge < -0.3 is 10.2 Å². The molecular weight excluding hydrogens is 443 g/mol. The Morgan fingerprint density at radius 3 is 2.65 bits per heavy atom. The third kappa shape index (κ3) is 4.47. The number of alkyl halides is 3. The summed E-state index contributed by atoms with van der Waals surface area (Å²) in [5, 5.41) is 3.03. The lowest BCUT2D eigenvalue weighted by atomic mass is 9.97. The highest BCUT2D eigenvalue weighted by Crippen LogP contribution is 2.46. The van der Waals surface area contributed by atoms with Gasteiger partial charge in [0.2, 0.25) is 0 Å². The van der Waals surface area contributed by atoms with Crippen molar-refractivity contribution < 1.29 is 18.0 Å². The molecule has 34 heavy (non-hydrogen) atoms. The molecule has 6 nitrogen and oxygen atoms in total. The summed E-state index contributed by atoms with van der Waals surface area (Å²) in [5.41, 5.74) is 1.41. The lowest BCUT2D eigenvalue weighted by Gasteiger charge is -2.36. The zero-order chi connectivity index (χ0) is 23.9. The largest absolute Gasteiger partial charge is 0.416 e. The number of anilines is 1. The van der Waals surface area contributed by atoms with Crippen molar-refractivity contribution in [2.24, 2.45) is 5.92 Å². The van der Waals surface area contributed by atoms with Gasteiger partial charge in [0.05, 0.1) is 11.1 Å². The standard InChI is InChI=1S/C25H24F3N5O/c1-15-3-6-19(23-30-8-2-9-31-23)20(11-15)24(34)33-18(5-4-16-12-21(16)33)14-32-22-13-17(7-10-29-22)25(26,27)28/h2-3,6-11,13,16,18,21H,4-5,12,14H2,1H3,(H,29,32)/t16-,18+,21?/m1/s1. The Bertz CT molecular complexity index is 1200. The monoisotopic (exact) mass is 467 g/mol. The van der Waals surface area contributed by atoms with Crippen LogP contribution in [0.25, 0.3) is 11.4 Å². The minimum atomic E-state index is -4.44. The fourth-order valence-corrected chi connectivity index (χ4v) is 4.75. The third-order valence-corrected chi connectivity index (χ3v) is 6.56. The number of amides is 1. The summed E-state index contributed by atoms with van der Waals surface area (Å²) in [6.45, 7) is 2.26. The van der Waals surface area contributed by atoms with Crippen LogP contribution in [-0.2, 0) is 6.18 Å². The molecule has 0 bridgehead atoms. The quantitative estimate of drug-likeness (QED) is 0.574. The molecule has 5 rings (SSSR count). The van der Waals surface area contributed by atoms with Gasteiger partial charge in [-0.05, 0) is 56.4 Å². The average Bonchev–Trinajstić information content (AvgIpc) is 3.62. The smallest absolute Gasteiger partial charge is 0.368 e. The number of aromatic nitrogens is 3. The Labute approximate surface area is 195 Å². The Kier molecular flexibility index (Phi) is 5.71. The summed E-state index contributed by atoms with van der Waals surface area (Å²) in [4.78, 5) is 28.5. The minimum absolute atomic E-state index is 0.0952. The van der Waals surface area contributed by atoms with Crippen LogP contribution in [0.15, 0.2) is 55.0 Å². The molecule has 2 aromatic heterocycles. The zero-order valence-electron chi connectivity index (χ0n) is 18.6. The van der Waals surface area contributed by atoms with E-state index in [1.165, 1.54) is 0 Å². The fraction of sp³-hybridized carbons (Fsp3) is 0.360. The van der Waals surface area contributed by atoms with Crippen LogP contribution in [0.3, 0.4) is 0 Å². The zero-order valence-corrected chi connectivity index (χ0v) is 18.6. The van der Waals surface area contributed by atoms with E-state index >= 15 is 0 Å². The maximum Gasteiger partial charge on any atom is 0.416 e. The lowest BCUT2D eigenvalue weighted by molar-refractivity contribution is -0.137. The molecule has 3 heterocycles. The first-order chi connectivity index (χ1) is 16.3. The highest BCUT2D eigenvalue weighted by atomic mass is 19.4. The number of hydrogen-bond acceptors (Lipinski definition) is 5. The molecular formula is C25H24F3N5O. The van der Waals surface area contributed by atoms with Crippen LogP contribution in [0.5, 0.6) is 0 Å². The first-order valence-electron chi connectivity index (χ1n) is 11.3. The SMILES string of the molecule is Cc1ccc(-c2ncccn2)c(C(=O)N2C3C[C@H]3CC[C@H]2CNc2cc(C(F)(F)F)ccn2)c1. The van der Waals surface area contributed by atoms with Gasteiger partial charge in [-0.25, -0.2) is 15.0 Å². The third-order valence-electron chi connectivity index (χ3n) is 6.56. The molecule has 3 aromatic rings. The van der Waals surface area contributed by atoms with Crippen molar-refractivity contribution in [2.75, 3.05) is 11.9 Å². The molecule has 176 valence electrons. The van der Waals surface area contributed by atoms with Crippen LogP contribution in [0.1, 0.15) is 40.7 Å². The van der Waals surface area contributed by atoms with Crippen LogP contribution in [0, 0.1) is 12.8 Å². The van der Waals surface area contributed by atoms with E-state index in [9.17, 15) is 18.0 Å². The number of benzene rings is 1. The summed E-state index contributed by atoms with van der Waals surface area (Å²) < 4.78 is 39.2. The molecule has 0 spiro atoms. The van der Waals surface area contributed by atoms with Crippen molar-refractivity contribution in [3.8, 4) is 11.4 Å². The van der Waals surface area contributed by atoms with Crippen molar-refractivity contribution in [3.63, 3.8) is 0 Å². The van der Waals surface area contributed by atoms with Crippen molar-refractivity contribution in [1.29, 1.82) is 0 Å². The average molecular weight is 467 g/mol. The van der Waals surface area contributed by atoms with E-state index in [0.717, 1.165) is 43.2 Å². The topological polar surface area (TPSA) is 71.0 Å². The van der Waals surface area contributed by atoms with Crippen molar-refractivity contribution >= 4 is 11.7 Å². The number of likely N-dealkylation sites (tertiary alicyclic amines) is 1. The summed E-state index contributed by atoms with van der Waals surface area (Å²) in [6.07, 6.45) is 2.72. The normalized spacial score (nSPS) is 21.6. The number of fused-ring (bicyclic) bond motifs is 1. The number of hydrogen-bond donors (Lipinski definition) is 1. The number of halogens is 3. The molecule has 1 aromatic carbocycles. The van der Waals surface area contributed by atoms with E-state index in [-0.39, 0.29) is 23.8 Å². The number of nitrogens with one attached hydrogen (secondary N) is 1. The highest BCUT2D eigenvalue weighted by Gasteiger charge is 2.50. The predicted octanol–water partition coefficient (Wildman–Crippen LogP) is 4.97. The number of pyridine rings is 1. The van der Waals surface area contributed by atoms with Gasteiger partial charge in [-0.15, -0.1) is 0 Å². The van der Waals surface area contributed by atoms with E-state index in [1.54, 1.807) is 18.5 Å². The molecule has 1 aliphatic carbocycles. The number of carbonyl (C=O) groups is 1. The van der Waals surface area contributed by atoms with Gasteiger partial charge in [-0.2, -0.15) is 13.2 Å². The van der Waals surface area contributed by atoms with Crippen LogP contribution < -0.4 is 5.32 Å². The molecule has 0 radical (unpaired) electrons. The summed E-state index contributed by atoms with van der Waals surface area (Å²) in [7, 11) is 0. The summed E-state index contributed by atoms with van der Waals surface area (Å²) in [6, 6.07) is 9.32. The van der Waals surface area contributed by atoms with Crippen LogP contribution in [0.4, 0.5) is 19.0 Å². The van der Waals surface area contributed by atoms with E-state index < -0.39 is 11.7 Å². The first-order valence-corrected chi connectivity index (χ1v) is 11.3. The molecule has 3 atom stereocenters. The molecule has 9 heteroatoms. The van der Waals surface area contributed by atoms with E-state index in [2.05, 4.69) is 20.3 Å². The lowest BCUT2D eigenvalue weighted by Crippen LogP contribution is -2.48. The van der Waals surface area contributed by atoms with Gasteiger partial charge in [0.15, 0.2) is 5.82 Å². The number of rotatable bonds is 5. The van der Waals surface area contributed by atoms with Gasteiger partial charge in [-0.3, -0.25) is 4.79 Å². The number of carbonyl (C=O) groups excluding carboxylic acids is 1. The van der Waals surface area contributed by atoms with Crippen molar-refractivity contribution in [1.82, 2.24) is 19.9 Å². The van der Waals surface area contributed by atoms with E-state index in [0.29, 0.717) is 29.4 Å². The second-order valence-electron chi connectivity index (χ2n) is 8.94. The maximum absolute atomic E-state index is 13.9. The van der Waals surface area contributed by atoms with Crippen molar-refractivity contribution in [3.05, 3.63) is 71.7 Å². The second kappa shape index (κ2) is 8.70. The summed E-state index contributed by atoms with van der Waals surface area (Å²) in [5.74, 6) is 1.02. The van der Waals surface area contributed by atoms with Gasteiger partial charge in [0.1, 0.15) is 5.82 Å². The van der Waals surface area contributed by atoms with Gasteiger partial charge >= 0.3 is 6.18 Å². The molecule has 2 aliphatic rings. The van der Waals surface area contributed by atoms with Crippen LogP contribution in [-0.4, -0.2) is 44.4 Å². The van der Waals surface area contributed by atoms with E-state index in [4.69, 9.17) is 0 Å². The molecule has 2 fully saturated rings. The Hall–Kier alpha value is -3.49. The Morgan fingerprint density at radius 1 is 1.09 bits per heavy atom. The molecule has 1 unspecified atom stereocenters. The molecule has 1 amide bonds. The molecule has 1 N–H and O–H groups in total. The number of nitrogens with zero attached hydrogens (tertiary/aromatic N) is 4. The first kappa shape index (κ1) is 22.3. The molecule has 1 aliphatic heterocycles. The predicted molar refractivity (Wildman–Crippen MR) is 121 cm³/mol. The van der Waals surface area contributed by atoms with Crippen molar-refractivity contribution in [2.45, 2.75) is 44.4 Å². The number of aryl methyl sites for hydroxylation is 1. The van der Waals surface area contributed by atoms with Gasteiger partial charge in [0.25, 0.3) is 5.91 Å². The summed E-state index contributed by atoms with van der Waals surface area (Å²) >= 11 is 0. The maximum atomic E-state index is 13.9. The van der Waals surface area contributed by atoms with Gasteiger partial charge in [-0.1, -0.05) is 17.7 Å². The Morgan fingerprint density at radius 2 is 1.88 bits per heavy atom. The van der Waals surface area contributed by atoms with Crippen LogP contribution in [0.2, 0.25) is 0 Å². The fourth-order valence-electron chi connectivity index (χ4n) is 4.75. The molecule has 1 saturated heterocycles.